The van der Waals surface area contributed by atoms with E-state index in [-0.39, 0.29) is 23.9 Å². The van der Waals surface area contributed by atoms with Crippen molar-refractivity contribution in [1.82, 2.24) is 0 Å². The molecule has 2 aromatic carbocycles. The van der Waals surface area contributed by atoms with Gasteiger partial charge in [-0.25, -0.2) is 4.79 Å². The quantitative estimate of drug-likeness (QED) is 0.676. The van der Waals surface area contributed by atoms with E-state index in [1.54, 1.807) is 24.3 Å². The molecule has 0 unspecified atom stereocenters. The van der Waals surface area contributed by atoms with Crippen LogP contribution in [0.4, 0.5) is 5.69 Å². The summed E-state index contributed by atoms with van der Waals surface area (Å²) in [7, 11) is 0. The number of hydrogen-bond donors (Lipinski definition) is 1. The molecule has 0 aliphatic rings. The smallest absolute Gasteiger partial charge is 0.338 e. The molecule has 2 rings (SSSR count). The second kappa shape index (κ2) is 7.55. The lowest BCUT2D eigenvalue weighted by Crippen LogP contribution is -2.15. The first-order valence-corrected chi connectivity index (χ1v) is 7.52. The average molecular weight is 325 g/mol. The van der Waals surface area contributed by atoms with Crippen molar-refractivity contribution in [3.05, 3.63) is 64.7 Å². The van der Waals surface area contributed by atoms with E-state index in [9.17, 15) is 14.4 Å². The minimum atomic E-state index is -0.611. The Morgan fingerprint density at radius 1 is 1.04 bits per heavy atom. The number of nitrogens with one attached hydrogen (secondary N) is 1. The van der Waals surface area contributed by atoms with Crippen LogP contribution in [0.5, 0.6) is 0 Å². The number of carbonyl (C=O) groups excluding carboxylic acids is 3. The lowest BCUT2D eigenvalue weighted by atomic mass is 10.0. The Bertz CT molecular complexity index is 796. The van der Waals surface area contributed by atoms with Crippen molar-refractivity contribution >= 4 is 23.3 Å². The Morgan fingerprint density at radius 3 is 2.46 bits per heavy atom. The highest BCUT2D eigenvalue weighted by Crippen LogP contribution is 2.14. The molecule has 0 saturated carbocycles. The summed E-state index contributed by atoms with van der Waals surface area (Å²) in [4.78, 5) is 35.3. The first-order chi connectivity index (χ1) is 11.4. The Hall–Kier alpha value is -2.95. The minimum absolute atomic E-state index is 0.231. The third kappa shape index (κ3) is 4.52. The summed E-state index contributed by atoms with van der Waals surface area (Å²) >= 11 is 0. The molecule has 0 heterocycles. The van der Waals surface area contributed by atoms with E-state index in [0.717, 1.165) is 11.1 Å². The van der Waals surface area contributed by atoms with Gasteiger partial charge in [0.2, 0.25) is 11.7 Å². The van der Waals surface area contributed by atoms with E-state index in [1.807, 2.05) is 26.0 Å². The normalized spacial score (nSPS) is 10.1. The summed E-state index contributed by atoms with van der Waals surface area (Å²) in [6.45, 7) is 4.85. The molecule has 1 amide bonds. The molecule has 0 saturated heterocycles. The second-order valence-electron chi connectivity index (χ2n) is 5.58. The number of aryl methyl sites for hydroxylation is 2. The van der Waals surface area contributed by atoms with Crippen LogP contribution in [0.3, 0.4) is 0 Å². The van der Waals surface area contributed by atoms with Gasteiger partial charge in [0, 0.05) is 18.2 Å². The van der Waals surface area contributed by atoms with Gasteiger partial charge >= 0.3 is 5.97 Å². The number of benzene rings is 2. The number of carbonyl (C=O) groups is 3. The van der Waals surface area contributed by atoms with Crippen LogP contribution in [-0.4, -0.2) is 24.3 Å². The van der Waals surface area contributed by atoms with Gasteiger partial charge in [-0.05, 0) is 37.6 Å². The fourth-order valence-corrected chi connectivity index (χ4v) is 2.35. The van der Waals surface area contributed by atoms with Crippen molar-refractivity contribution in [2.45, 2.75) is 20.8 Å². The summed E-state index contributed by atoms with van der Waals surface area (Å²) < 4.78 is 5.09. The largest absolute Gasteiger partial charge is 0.454 e. The molecule has 0 bridgehead atoms. The fraction of sp³-hybridized carbons (Fsp3) is 0.211. The lowest BCUT2D eigenvalue weighted by Gasteiger charge is -2.08. The van der Waals surface area contributed by atoms with E-state index < -0.39 is 5.97 Å². The summed E-state index contributed by atoms with van der Waals surface area (Å²) in [5.41, 5.74) is 3.23. The molecule has 24 heavy (non-hydrogen) atoms. The predicted octanol–water partition coefficient (Wildman–Crippen LogP) is 3.30. The van der Waals surface area contributed by atoms with E-state index in [4.69, 9.17) is 4.74 Å². The van der Waals surface area contributed by atoms with E-state index >= 15 is 0 Å². The topological polar surface area (TPSA) is 72.5 Å². The number of amides is 1. The molecule has 0 fully saturated rings. The maximum Gasteiger partial charge on any atom is 0.338 e. The van der Waals surface area contributed by atoms with Crippen LogP contribution in [-0.2, 0) is 9.53 Å². The molecule has 0 aliphatic heterocycles. The first kappa shape index (κ1) is 17.4. The average Bonchev–Trinajstić information content (AvgIpc) is 2.52. The second-order valence-corrected chi connectivity index (χ2v) is 5.58. The number of rotatable bonds is 5. The van der Waals surface area contributed by atoms with Crippen molar-refractivity contribution in [3.8, 4) is 0 Å². The standard InChI is InChI=1S/C19H19NO4/c1-12-7-8-17(13(2)9-12)18(22)11-24-19(23)15-5-4-6-16(10-15)20-14(3)21/h4-10H,11H2,1-3H3,(H,20,21). The van der Waals surface area contributed by atoms with Crippen LogP contribution >= 0.6 is 0 Å². The van der Waals surface area contributed by atoms with Crippen LogP contribution in [0.25, 0.3) is 0 Å². The van der Waals surface area contributed by atoms with Crippen molar-refractivity contribution in [2.24, 2.45) is 0 Å². The molecule has 0 spiro atoms. The molecule has 0 aromatic heterocycles. The Labute approximate surface area is 140 Å². The maximum absolute atomic E-state index is 12.2. The Morgan fingerprint density at radius 2 is 1.79 bits per heavy atom. The van der Waals surface area contributed by atoms with E-state index in [2.05, 4.69) is 5.32 Å². The maximum atomic E-state index is 12.2. The molecule has 1 N–H and O–H groups in total. The first-order valence-electron chi connectivity index (χ1n) is 7.52. The highest BCUT2D eigenvalue weighted by Gasteiger charge is 2.14. The van der Waals surface area contributed by atoms with E-state index in [1.165, 1.54) is 13.0 Å². The van der Waals surface area contributed by atoms with Crippen LogP contribution in [0.2, 0.25) is 0 Å². The molecule has 5 heteroatoms. The van der Waals surface area contributed by atoms with Gasteiger partial charge in [-0.15, -0.1) is 0 Å². The zero-order valence-corrected chi connectivity index (χ0v) is 13.9. The molecule has 5 nitrogen and oxygen atoms in total. The number of hydrogen-bond acceptors (Lipinski definition) is 4. The summed E-state index contributed by atoms with van der Waals surface area (Å²) in [5, 5.41) is 2.59. The molecule has 2 aromatic rings. The van der Waals surface area contributed by atoms with Gasteiger partial charge in [-0.1, -0.05) is 29.8 Å². The zero-order chi connectivity index (χ0) is 17.7. The van der Waals surface area contributed by atoms with Crippen LogP contribution in [0.15, 0.2) is 42.5 Å². The molecule has 0 atom stereocenters. The van der Waals surface area contributed by atoms with E-state index in [0.29, 0.717) is 11.3 Å². The highest BCUT2D eigenvalue weighted by molar-refractivity contribution is 6.00. The highest BCUT2D eigenvalue weighted by atomic mass is 16.5. The van der Waals surface area contributed by atoms with Gasteiger partial charge in [-0.3, -0.25) is 9.59 Å². The van der Waals surface area contributed by atoms with Crippen LogP contribution in [0.1, 0.15) is 38.8 Å². The molecular formula is C19H19NO4. The molecular weight excluding hydrogens is 306 g/mol. The van der Waals surface area contributed by atoms with Gasteiger partial charge in [0.1, 0.15) is 0 Å². The zero-order valence-electron chi connectivity index (χ0n) is 13.9. The third-order valence-corrected chi connectivity index (χ3v) is 3.44. The van der Waals surface area contributed by atoms with Gasteiger partial charge in [0.15, 0.2) is 6.61 Å². The van der Waals surface area contributed by atoms with Gasteiger partial charge < -0.3 is 10.1 Å². The third-order valence-electron chi connectivity index (χ3n) is 3.44. The lowest BCUT2D eigenvalue weighted by molar-refractivity contribution is -0.114. The monoisotopic (exact) mass is 325 g/mol. The molecule has 0 aliphatic carbocycles. The van der Waals surface area contributed by atoms with Crippen molar-refractivity contribution < 1.29 is 19.1 Å². The van der Waals surface area contributed by atoms with Gasteiger partial charge in [0.25, 0.3) is 0 Å². The number of ketones is 1. The summed E-state index contributed by atoms with van der Waals surface area (Å²) in [6.07, 6.45) is 0. The minimum Gasteiger partial charge on any atom is -0.454 e. The predicted molar refractivity (Wildman–Crippen MR) is 91.3 cm³/mol. The van der Waals surface area contributed by atoms with Gasteiger partial charge in [0.05, 0.1) is 5.56 Å². The van der Waals surface area contributed by atoms with Crippen molar-refractivity contribution in [3.63, 3.8) is 0 Å². The number of Topliss-reactive ketones (excluding diaryl/α,β-unsaturated/α-hetero) is 1. The Kier molecular flexibility index (Phi) is 5.47. The SMILES string of the molecule is CC(=O)Nc1cccc(C(=O)OCC(=O)c2ccc(C)cc2C)c1. The van der Waals surface area contributed by atoms with Crippen molar-refractivity contribution in [2.75, 3.05) is 11.9 Å². The van der Waals surface area contributed by atoms with Crippen LogP contribution in [0, 0.1) is 13.8 Å². The number of ether oxygens (including phenoxy) is 1. The number of esters is 1. The number of anilines is 1. The van der Waals surface area contributed by atoms with Crippen LogP contribution < -0.4 is 5.32 Å². The Balaban J connectivity index is 2.02. The van der Waals surface area contributed by atoms with Gasteiger partial charge in [-0.2, -0.15) is 0 Å². The fourth-order valence-electron chi connectivity index (χ4n) is 2.35. The summed E-state index contributed by atoms with van der Waals surface area (Å²) in [6, 6.07) is 11.9. The molecule has 124 valence electrons. The van der Waals surface area contributed by atoms with Crippen molar-refractivity contribution in [1.29, 1.82) is 0 Å². The molecule has 0 radical (unpaired) electrons. The summed E-state index contributed by atoms with van der Waals surface area (Å²) in [5.74, 6) is -1.09.